The third-order valence-corrected chi connectivity index (χ3v) is 13.3. The van der Waals surface area contributed by atoms with Gasteiger partial charge < -0.3 is 9.13 Å². The molecule has 64 heavy (non-hydrogen) atoms. The molecular formula is C60H34N4. The fourth-order valence-electron chi connectivity index (χ4n) is 10.5. The van der Waals surface area contributed by atoms with Gasteiger partial charge in [-0.15, -0.1) is 0 Å². The largest absolute Gasteiger partial charge is 0.308 e. The van der Waals surface area contributed by atoms with Crippen molar-refractivity contribution >= 4 is 86.7 Å². The van der Waals surface area contributed by atoms with Crippen LogP contribution in [-0.4, -0.2) is 9.13 Å². The summed E-state index contributed by atoms with van der Waals surface area (Å²) in [7, 11) is 0. The zero-order valence-electron chi connectivity index (χ0n) is 34.4. The molecule has 0 N–H and O–H groups in total. The number of fused-ring (bicyclic) bond motifs is 12. The zero-order valence-corrected chi connectivity index (χ0v) is 34.4. The van der Waals surface area contributed by atoms with Gasteiger partial charge in [-0.3, -0.25) is 0 Å². The average Bonchev–Trinajstić information content (AvgIpc) is 3.88. The van der Waals surface area contributed by atoms with Crippen molar-refractivity contribution in [3.05, 3.63) is 217 Å². The molecule has 4 heteroatoms. The van der Waals surface area contributed by atoms with Crippen LogP contribution in [0, 0.1) is 22.7 Å². The molecule has 0 radical (unpaired) electrons. The Kier molecular flexibility index (Phi) is 7.70. The zero-order chi connectivity index (χ0) is 42.5. The van der Waals surface area contributed by atoms with E-state index < -0.39 is 0 Å². The predicted octanol–water partition coefficient (Wildman–Crippen LogP) is 15.6. The summed E-state index contributed by atoms with van der Waals surface area (Å²) in [6.07, 6.45) is 0. The molecule has 0 bridgehead atoms. The summed E-state index contributed by atoms with van der Waals surface area (Å²) in [5.41, 5.74) is 10.7. The molecule has 0 aliphatic rings. The van der Waals surface area contributed by atoms with Gasteiger partial charge in [0.25, 0.3) is 0 Å². The Bertz CT molecular complexity index is 3940. The monoisotopic (exact) mass is 810 g/mol. The van der Waals surface area contributed by atoms with E-state index in [0.717, 1.165) is 87.4 Å². The molecule has 13 rings (SSSR count). The first kappa shape index (κ1) is 35.8. The summed E-state index contributed by atoms with van der Waals surface area (Å²) in [5.74, 6) is 0. The van der Waals surface area contributed by atoms with Crippen LogP contribution in [0.2, 0.25) is 0 Å². The van der Waals surface area contributed by atoms with Crippen molar-refractivity contribution in [2.45, 2.75) is 0 Å². The van der Waals surface area contributed by atoms with E-state index in [1.165, 1.54) is 21.5 Å². The second kappa shape index (κ2) is 13.8. The summed E-state index contributed by atoms with van der Waals surface area (Å²) >= 11 is 0. The summed E-state index contributed by atoms with van der Waals surface area (Å²) in [6, 6.07) is 77.9. The van der Waals surface area contributed by atoms with E-state index >= 15 is 0 Å². The molecule has 0 aliphatic heterocycles. The standard InChI is InChI=1S/C60H34N4/c61-35-43-34-58(64-54-28-26-42(48-22-10-16-38-12-2-6-18-46(38)48)32-52(54)60-50-20-8-4-14-40(50)24-30-56(60)64)44(36-62)33-57(43)63-53-27-25-41(47-21-9-15-37-11-1-5-17-45(37)47)31-51(53)59-49-19-7-3-13-39(49)23-29-55(59)63/h1-34H. The van der Waals surface area contributed by atoms with Crippen molar-refractivity contribution in [1.82, 2.24) is 9.13 Å². The van der Waals surface area contributed by atoms with Gasteiger partial charge in [0.1, 0.15) is 12.1 Å². The third kappa shape index (κ3) is 5.15. The second-order valence-corrected chi connectivity index (χ2v) is 16.7. The Hall–Kier alpha value is -8.96. The summed E-state index contributed by atoms with van der Waals surface area (Å²) in [6.45, 7) is 0. The number of rotatable bonds is 4. The van der Waals surface area contributed by atoms with E-state index in [4.69, 9.17) is 0 Å². The predicted molar refractivity (Wildman–Crippen MR) is 265 cm³/mol. The fraction of sp³-hybridized carbons (Fsp3) is 0. The van der Waals surface area contributed by atoms with Gasteiger partial charge in [0, 0.05) is 21.5 Å². The smallest absolute Gasteiger partial charge is 0.101 e. The maximum absolute atomic E-state index is 11.2. The van der Waals surface area contributed by atoms with E-state index in [1.54, 1.807) is 0 Å². The SMILES string of the molecule is N#Cc1cc(-n2c3ccc(-c4cccc5ccccc45)cc3c3c4ccccc4ccc32)c(C#N)cc1-n1c2ccc(-c3cccc4ccccc34)cc2c2c3ccccc3ccc21. The van der Waals surface area contributed by atoms with Crippen LogP contribution in [0.25, 0.3) is 120 Å². The minimum atomic E-state index is 0.474. The van der Waals surface area contributed by atoms with Crippen LogP contribution in [0.5, 0.6) is 0 Å². The van der Waals surface area contributed by atoms with Crippen LogP contribution in [-0.2, 0) is 0 Å². The lowest BCUT2D eigenvalue weighted by Gasteiger charge is -2.16. The first-order chi connectivity index (χ1) is 31.7. The van der Waals surface area contributed by atoms with E-state index in [0.29, 0.717) is 22.5 Å². The highest BCUT2D eigenvalue weighted by Gasteiger charge is 2.23. The molecule has 294 valence electrons. The Morgan fingerprint density at radius 2 is 0.656 bits per heavy atom. The number of nitriles is 2. The number of nitrogens with zero attached hydrogens (tertiary/aromatic N) is 4. The first-order valence-electron chi connectivity index (χ1n) is 21.5. The second-order valence-electron chi connectivity index (χ2n) is 16.7. The molecule has 0 saturated carbocycles. The molecule has 0 fully saturated rings. The van der Waals surface area contributed by atoms with Crippen LogP contribution in [0.15, 0.2) is 206 Å². The van der Waals surface area contributed by atoms with Crippen LogP contribution >= 0.6 is 0 Å². The fourth-order valence-corrected chi connectivity index (χ4v) is 10.5. The molecule has 4 nitrogen and oxygen atoms in total. The molecule has 0 amide bonds. The van der Waals surface area contributed by atoms with Gasteiger partial charge in [-0.2, -0.15) is 10.5 Å². The summed E-state index contributed by atoms with van der Waals surface area (Å²) in [5, 5.41) is 36.1. The Morgan fingerprint density at radius 1 is 0.297 bits per heavy atom. The Morgan fingerprint density at radius 3 is 1.08 bits per heavy atom. The lowest BCUT2D eigenvalue weighted by atomic mass is 9.96. The third-order valence-electron chi connectivity index (χ3n) is 13.3. The first-order valence-corrected chi connectivity index (χ1v) is 21.5. The normalized spacial score (nSPS) is 11.7. The van der Waals surface area contributed by atoms with Gasteiger partial charge in [0.2, 0.25) is 0 Å². The van der Waals surface area contributed by atoms with Crippen molar-refractivity contribution in [2.75, 3.05) is 0 Å². The van der Waals surface area contributed by atoms with Crippen LogP contribution in [0.4, 0.5) is 0 Å². The quantitative estimate of drug-likeness (QED) is 0.178. The molecule has 2 aromatic heterocycles. The molecule has 0 spiro atoms. The minimum Gasteiger partial charge on any atom is -0.308 e. The highest BCUT2D eigenvalue weighted by atomic mass is 15.0. The van der Waals surface area contributed by atoms with Crippen LogP contribution in [0.3, 0.4) is 0 Å². The molecule has 0 aliphatic carbocycles. The van der Waals surface area contributed by atoms with Crippen molar-refractivity contribution < 1.29 is 0 Å². The molecule has 0 saturated heterocycles. The van der Waals surface area contributed by atoms with E-state index in [2.05, 4.69) is 215 Å². The van der Waals surface area contributed by atoms with Gasteiger partial charge in [-0.25, -0.2) is 0 Å². The van der Waals surface area contributed by atoms with Crippen molar-refractivity contribution in [3.8, 4) is 45.8 Å². The number of benzene rings is 11. The Balaban J connectivity index is 1.08. The highest BCUT2D eigenvalue weighted by molar-refractivity contribution is 6.24. The number of hydrogen-bond donors (Lipinski definition) is 0. The maximum Gasteiger partial charge on any atom is 0.101 e. The lowest BCUT2D eigenvalue weighted by molar-refractivity contribution is 1.12. The summed E-state index contributed by atoms with van der Waals surface area (Å²) < 4.78 is 4.37. The molecular weight excluding hydrogens is 777 g/mol. The van der Waals surface area contributed by atoms with Gasteiger partial charge in [-0.1, -0.05) is 158 Å². The van der Waals surface area contributed by atoms with Crippen LogP contribution < -0.4 is 0 Å². The highest BCUT2D eigenvalue weighted by Crippen LogP contribution is 2.44. The maximum atomic E-state index is 11.2. The molecule has 11 aromatic carbocycles. The van der Waals surface area contributed by atoms with Crippen molar-refractivity contribution in [1.29, 1.82) is 10.5 Å². The number of aromatic nitrogens is 2. The molecule has 0 unspecified atom stereocenters. The number of hydrogen-bond acceptors (Lipinski definition) is 2. The topological polar surface area (TPSA) is 57.4 Å². The van der Waals surface area contributed by atoms with Gasteiger partial charge in [-0.05, 0) is 114 Å². The van der Waals surface area contributed by atoms with E-state index in [9.17, 15) is 10.5 Å². The molecule has 13 aromatic rings. The van der Waals surface area contributed by atoms with E-state index in [1.807, 2.05) is 12.1 Å². The minimum absolute atomic E-state index is 0.474. The van der Waals surface area contributed by atoms with E-state index in [-0.39, 0.29) is 0 Å². The van der Waals surface area contributed by atoms with Gasteiger partial charge >= 0.3 is 0 Å². The van der Waals surface area contributed by atoms with Crippen molar-refractivity contribution in [3.63, 3.8) is 0 Å². The summed E-state index contributed by atoms with van der Waals surface area (Å²) in [4.78, 5) is 0. The Labute approximate surface area is 367 Å². The van der Waals surface area contributed by atoms with Crippen molar-refractivity contribution in [2.24, 2.45) is 0 Å². The van der Waals surface area contributed by atoms with Gasteiger partial charge in [0.05, 0.1) is 44.6 Å². The average molecular weight is 811 g/mol. The van der Waals surface area contributed by atoms with Crippen LogP contribution in [0.1, 0.15) is 11.1 Å². The van der Waals surface area contributed by atoms with Gasteiger partial charge in [0.15, 0.2) is 0 Å². The molecule has 2 heterocycles. The lowest BCUT2D eigenvalue weighted by Crippen LogP contribution is -2.04. The molecule has 0 atom stereocenters.